The molecule has 0 atom stereocenters. The quantitative estimate of drug-likeness (QED) is 0.161. The summed E-state index contributed by atoms with van der Waals surface area (Å²) in [6.45, 7) is 18.3. The molecule has 0 saturated heterocycles. The molecule has 53 heavy (non-hydrogen) atoms. The maximum atomic E-state index is 5.36. The maximum absolute atomic E-state index is 5.36. The monoisotopic (exact) mass is 873 g/mol. The van der Waals surface area contributed by atoms with Crippen molar-refractivity contribution >= 4 is 0 Å². The minimum atomic E-state index is -0.473. The van der Waals surface area contributed by atoms with Gasteiger partial charge < -0.3 is 9.97 Å². The van der Waals surface area contributed by atoms with Crippen LogP contribution in [0.15, 0.2) is 109 Å². The zero-order valence-electron chi connectivity index (χ0n) is 32.4. The van der Waals surface area contributed by atoms with Crippen molar-refractivity contribution in [2.75, 3.05) is 0 Å². The number of rotatable bonds is 5. The van der Waals surface area contributed by atoms with Crippen LogP contribution in [0.3, 0.4) is 0 Å². The van der Waals surface area contributed by atoms with Gasteiger partial charge in [-0.15, -0.1) is 70.8 Å². The number of hydrogen-bond donors (Lipinski definition) is 0. The zero-order chi connectivity index (χ0) is 36.5. The minimum absolute atomic E-state index is 0. The molecule has 8 rings (SSSR count). The summed E-state index contributed by atoms with van der Waals surface area (Å²) in [5.41, 5.74) is 16.8. The van der Waals surface area contributed by atoms with Crippen molar-refractivity contribution < 1.29 is 21.1 Å². The first kappa shape index (κ1) is 37.2. The van der Waals surface area contributed by atoms with E-state index in [1.807, 2.05) is 12.1 Å². The fourth-order valence-electron chi connectivity index (χ4n) is 8.58. The second-order valence-electron chi connectivity index (χ2n) is 18.1. The molecule has 1 spiro atoms. The number of nitrogens with zero attached hydrogens (tertiary/aromatic N) is 2. The Morgan fingerprint density at radius 2 is 1.23 bits per heavy atom. The Morgan fingerprint density at radius 3 is 1.91 bits per heavy atom. The standard InChI is InChI=1S/C50H50N2.Pt/c1-47(2,3)40-23-24-41(42(28-40)48(4,5)6)38-26-44(33-15-10-9-11-16-33)52-46(27-38)49(7,8)45-20-14-19-43(51-45)34-21-22-37-31-50(32-39(37)25-34)29-35-17-12-13-18-36(35)30-50;/h9-15,17-20,22-28H,29-32H2,1-8H3;/q-2;+2. The van der Waals surface area contributed by atoms with E-state index < -0.39 is 5.41 Å². The van der Waals surface area contributed by atoms with Gasteiger partial charge in [0.05, 0.1) is 0 Å². The molecule has 0 aliphatic heterocycles. The van der Waals surface area contributed by atoms with E-state index in [1.54, 1.807) is 0 Å². The number of benzene rings is 4. The van der Waals surface area contributed by atoms with Crippen molar-refractivity contribution in [1.29, 1.82) is 0 Å². The van der Waals surface area contributed by atoms with Gasteiger partial charge in [0.15, 0.2) is 0 Å². The van der Waals surface area contributed by atoms with Crippen molar-refractivity contribution in [2.24, 2.45) is 5.41 Å². The van der Waals surface area contributed by atoms with E-state index in [-0.39, 0.29) is 31.9 Å². The molecule has 0 N–H and O–H groups in total. The second kappa shape index (κ2) is 13.6. The average molecular weight is 874 g/mol. The van der Waals surface area contributed by atoms with Gasteiger partial charge in [-0.2, -0.15) is 0 Å². The van der Waals surface area contributed by atoms with Gasteiger partial charge in [-0.1, -0.05) is 109 Å². The van der Waals surface area contributed by atoms with Crippen LogP contribution in [0.2, 0.25) is 0 Å². The zero-order valence-corrected chi connectivity index (χ0v) is 34.7. The van der Waals surface area contributed by atoms with E-state index in [1.165, 1.54) is 57.3 Å². The van der Waals surface area contributed by atoms with Gasteiger partial charge in [0, 0.05) is 16.8 Å². The summed E-state index contributed by atoms with van der Waals surface area (Å²) in [6.07, 6.45) is 4.59. The molecule has 0 saturated carbocycles. The van der Waals surface area contributed by atoms with E-state index >= 15 is 0 Å². The first-order chi connectivity index (χ1) is 24.7. The summed E-state index contributed by atoms with van der Waals surface area (Å²) in [5.74, 6) is 0. The molecule has 4 aromatic carbocycles. The van der Waals surface area contributed by atoms with Crippen LogP contribution in [-0.4, -0.2) is 9.97 Å². The number of pyridine rings is 2. The first-order valence-electron chi connectivity index (χ1n) is 18.9. The predicted molar refractivity (Wildman–Crippen MR) is 216 cm³/mol. The van der Waals surface area contributed by atoms with E-state index in [0.717, 1.165) is 46.7 Å². The van der Waals surface area contributed by atoms with Gasteiger partial charge >= 0.3 is 21.1 Å². The number of hydrogen-bond acceptors (Lipinski definition) is 2. The summed E-state index contributed by atoms with van der Waals surface area (Å²) in [6, 6.07) is 46.9. The van der Waals surface area contributed by atoms with Gasteiger partial charge in [0.2, 0.25) is 0 Å². The molecule has 0 unspecified atom stereocenters. The van der Waals surface area contributed by atoms with Crippen LogP contribution in [0.1, 0.15) is 100 Å². The summed E-state index contributed by atoms with van der Waals surface area (Å²) >= 11 is 0. The van der Waals surface area contributed by atoms with Crippen LogP contribution in [0.25, 0.3) is 33.6 Å². The molecule has 2 aromatic heterocycles. The Hall–Kier alpha value is -4.13. The fraction of sp³-hybridized carbons (Fsp3) is 0.320. The molecule has 2 aliphatic rings. The molecule has 6 aromatic rings. The molecule has 0 fully saturated rings. The molecule has 270 valence electrons. The smallest absolute Gasteiger partial charge is 0.300 e. The van der Waals surface area contributed by atoms with Crippen molar-refractivity contribution in [3.05, 3.63) is 166 Å². The summed E-state index contributed by atoms with van der Waals surface area (Å²) in [4.78, 5) is 10.7. The van der Waals surface area contributed by atoms with Crippen molar-refractivity contribution in [2.45, 2.75) is 97.3 Å². The molecule has 0 amide bonds. The third-order valence-corrected chi connectivity index (χ3v) is 11.6. The van der Waals surface area contributed by atoms with E-state index in [0.29, 0.717) is 5.41 Å². The van der Waals surface area contributed by atoms with Gasteiger partial charge in [0.1, 0.15) is 0 Å². The van der Waals surface area contributed by atoms with Crippen molar-refractivity contribution in [3.8, 4) is 33.6 Å². The average Bonchev–Trinajstić information content (AvgIpc) is 3.68. The van der Waals surface area contributed by atoms with Crippen LogP contribution in [0, 0.1) is 17.5 Å². The van der Waals surface area contributed by atoms with Crippen LogP contribution >= 0.6 is 0 Å². The van der Waals surface area contributed by atoms with Gasteiger partial charge in [-0.25, -0.2) is 0 Å². The Kier molecular flexibility index (Phi) is 9.56. The molecule has 2 heterocycles. The Morgan fingerprint density at radius 1 is 0.547 bits per heavy atom. The minimum Gasteiger partial charge on any atom is -0.300 e. The SMILES string of the molecule is CC(C)(C)c1ccc(-c2cc(-c3[c-]cccc3)nc(C(C)(C)c3cccc(-c4[c-]cc5c(c4)CC4(C5)Cc5ccccc5C4)n3)c2)c(C(C)(C)C)c1.[Pt+2]. The molecular weight excluding hydrogens is 824 g/mol. The van der Waals surface area contributed by atoms with E-state index in [9.17, 15) is 0 Å². The Bertz CT molecular complexity index is 2280. The van der Waals surface area contributed by atoms with Gasteiger partial charge in [-0.3, -0.25) is 0 Å². The topological polar surface area (TPSA) is 25.8 Å². The van der Waals surface area contributed by atoms with Crippen LogP contribution in [0.4, 0.5) is 0 Å². The Balaban J connectivity index is 0.00000435. The van der Waals surface area contributed by atoms with Gasteiger partial charge in [0.25, 0.3) is 0 Å². The van der Waals surface area contributed by atoms with Crippen LogP contribution in [-0.2, 0) is 63.0 Å². The van der Waals surface area contributed by atoms with Crippen LogP contribution in [0.5, 0.6) is 0 Å². The maximum Gasteiger partial charge on any atom is 2.00 e. The largest absolute Gasteiger partial charge is 2.00 e. The van der Waals surface area contributed by atoms with Crippen molar-refractivity contribution in [1.82, 2.24) is 9.97 Å². The summed E-state index contributed by atoms with van der Waals surface area (Å²) in [5, 5.41) is 0. The normalized spacial score (nSPS) is 14.9. The fourth-order valence-corrected chi connectivity index (χ4v) is 8.58. The van der Waals surface area contributed by atoms with E-state index in [2.05, 4.69) is 165 Å². The van der Waals surface area contributed by atoms with Crippen LogP contribution < -0.4 is 0 Å². The second-order valence-corrected chi connectivity index (χ2v) is 18.1. The number of fused-ring (bicyclic) bond motifs is 2. The third kappa shape index (κ3) is 7.13. The summed E-state index contributed by atoms with van der Waals surface area (Å²) < 4.78 is 0. The Labute approximate surface area is 331 Å². The molecule has 3 heteroatoms. The molecule has 0 radical (unpaired) electrons. The predicted octanol–water partition coefficient (Wildman–Crippen LogP) is 11.9. The summed E-state index contributed by atoms with van der Waals surface area (Å²) in [7, 11) is 0. The van der Waals surface area contributed by atoms with Gasteiger partial charge in [-0.05, 0) is 106 Å². The first-order valence-corrected chi connectivity index (χ1v) is 18.9. The molecule has 2 nitrogen and oxygen atoms in total. The molecular formula is C50H50N2Pt. The molecule has 0 bridgehead atoms. The third-order valence-electron chi connectivity index (χ3n) is 11.6. The number of aromatic nitrogens is 2. The molecule has 2 aliphatic carbocycles. The van der Waals surface area contributed by atoms with Crippen molar-refractivity contribution in [3.63, 3.8) is 0 Å². The van der Waals surface area contributed by atoms with E-state index in [4.69, 9.17) is 9.97 Å².